The number of nitrogens with zero attached hydrogens (tertiary/aromatic N) is 3. The van der Waals surface area contributed by atoms with Crippen LogP contribution in [0.5, 0.6) is 0 Å². The Labute approximate surface area is 155 Å². The van der Waals surface area contributed by atoms with Crippen LogP contribution in [0.25, 0.3) is 10.9 Å². The van der Waals surface area contributed by atoms with Gasteiger partial charge in [-0.3, -0.25) is 9.98 Å². The Bertz CT molecular complexity index is 1130. The molecule has 0 amide bonds. The van der Waals surface area contributed by atoms with Crippen molar-refractivity contribution in [1.29, 1.82) is 5.26 Å². The highest BCUT2D eigenvalue weighted by atomic mass is 32.2. The fourth-order valence-electron chi connectivity index (χ4n) is 3.19. The van der Waals surface area contributed by atoms with Crippen molar-refractivity contribution in [2.24, 2.45) is 4.99 Å². The molecule has 3 aromatic rings. The van der Waals surface area contributed by atoms with Gasteiger partial charge in [-0.15, -0.1) is 0 Å². The number of hydrogen-bond donors (Lipinski definition) is 0. The molecule has 0 spiro atoms. The van der Waals surface area contributed by atoms with Gasteiger partial charge in [0.2, 0.25) is 0 Å². The van der Waals surface area contributed by atoms with E-state index in [2.05, 4.69) is 11.1 Å². The number of pyridine rings is 1. The zero-order valence-electron chi connectivity index (χ0n) is 14.7. The van der Waals surface area contributed by atoms with Gasteiger partial charge in [0.05, 0.1) is 11.3 Å². The first-order valence-electron chi connectivity index (χ1n) is 8.27. The van der Waals surface area contributed by atoms with Crippen molar-refractivity contribution in [3.8, 4) is 6.07 Å². The minimum absolute atomic E-state index is 0.335. The second-order valence-corrected chi connectivity index (χ2v) is 8.40. The Kier molecular flexibility index (Phi) is 3.82. The first-order chi connectivity index (χ1) is 12.4. The van der Waals surface area contributed by atoms with E-state index in [0.29, 0.717) is 11.1 Å². The molecule has 128 valence electrons. The molecule has 0 N–H and O–H groups in total. The summed E-state index contributed by atoms with van der Waals surface area (Å²) in [5.74, 6) is -0.335. The lowest BCUT2D eigenvalue weighted by Gasteiger charge is -2.29. The van der Waals surface area contributed by atoms with Crippen LogP contribution >= 0.6 is 11.8 Å². The van der Waals surface area contributed by atoms with Gasteiger partial charge >= 0.3 is 0 Å². The molecule has 0 aliphatic carbocycles. The number of para-hydroxylation sites is 1. The summed E-state index contributed by atoms with van der Waals surface area (Å²) >= 11 is 1.59. The number of nitriles is 1. The first-order valence-corrected chi connectivity index (χ1v) is 9.09. The molecule has 4 rings (SSSR count). The summed E-state index contributed by atoms with van der Waals surface area (Å²) in [6.07, 6.45) is 1.66. The number of rotatable bonds is 1. The Morgan fingerprint density at radius 2 is 2.00 bits per heavy atom. The lowest BCUT2D eigenvalue weighted by Crippen LogP contribution is -2.23. The molecule has 5 heteroatoms. The van der Waals surface area contributed by atoms with Gasteiger partial charge < -0.3 is 0 Å². The quantitative estimate of drug-likeness (QED) is 0.596. The molecule has 0 bridgehead atoms. The van der Waals surface area contributed by atoms with Crippen LogP contribution in [-0.2, 0) is 0 Å². The molecule has 1 aliphatic heterocycles. The molecule has 0 saturated carbocycles. The maximum Gasteiger partial charge on any atom is 0.149 e. The second-order valence-electron chi connectivity index (χ2n) is 6.79. The van der Waals surface area contributed by atoms with E-state index < -0.39 is 4.87 Å². The van der Waals surface area contributed by atoms with Gasteiger partial charge in [0.25, 0.3) is 0 Å². The second kappa shape index (κ2) is 5.93. The Morgan fingerprint density at radius 3 is 2.77 bits per heavy atom. The van der Waals surface area contributed by atoms with Crippen molar-refractivity contribution >= 4 is 28.4 Å². The van der Waals surface area contributed by atoms with Gasteiger partial charge in [-0.2, -0.15) is 5.26 Å². The summed E-state index contributed by atoms with van der Waals surface area (Å²) in [5, 5.41) is 10.3. The monoisotopic (exact) mass is 361 g/mol. The highest BCUT2D eigenvalue weighted by molar-refractivity contribution is 8.00. The fourth-order valence-corrected chi connectivity index (χ4v) is 4.41. The van der Waals surface area contributed by atoms with E-state index in [1.165, 1.54) is 6.07 Å². The minimum Gasteiger partial charge on any atom is -0.267 e. The molecule has 0 radical (unpaired) electrons. The van der Waals surface area contributed by atoms with E-state index in [4.69, 9.17) is 4.99 Å². The summed E-state index contributed by atoms with van der Waals surface area (Å²) in [4.78, 5) is 9.75. The smallest absolute Gasteiger partial charge is 0.149 e. The molecule has 2 heterocycles. The van der Waals surface area contributed by atoms with Gasteiger partial charge in [-0.05, 0) is 38.5 Å². The van der Waals surface area contributed by atoms with Crippen LogP contribution in [0.15, 0.2) is 52.5 Å². The van der Waals surface area contributed by atoms with Crippen LogP contribution in [0.2, 0.25) is 0 Å². The lowest BCUT2D eigenvalue weighted by molar-refractivity contribution is 0.637. The molecule has 3 nitrogen and oxygen atoms in total. The Morgan fingerprint density at radius 1 is 1.19 bits per heavy atom. The van der Waals surface area contributed by atoms with Crippen molar-refractivity contribution in [3.05, 3.63) is 70.7 Å². The van der Waals surface area contributed by atoms with Gasteiger partial charge in [0.1, 0.15) is 22.3 Å². The van der Waals surface area contributed by atoms with Crippen LogP contribution in [-0.4, -0.2) is 15.6 Å². The molecule has 26 heavy (non-hydrogen) atoms. The van der Waals surface area contributed by atoms with Crippen LogP contribution in [0.3, 0.4) is 0 Å². The zero-order valence-corrected chi connectivity index (χ0v) is 15.5. The molecule has 0 unspecified atom stereocenters. The molecule has 1 aromatic heterocycles. The zero-order chi connectivity index (χ0) is 18.5. The standard InChI is InChI=1S/C21H16FN3S/c1-12-7-8-15-18(25-21(2,3)26-20(15)16(12)10-23)14-9-13-5-4-6-17(22)19(13)24-11-14/h4-9,11H,1-3H3. The summed E-state index contributed by atoms with van der Waals surface area (Å²) < 4.78 is 13.9. The van der Waals surface area contributed by atoms with E-state index in [0.717, 1.165) is 32.7 Å². The fraction of sp³-hybridized carbons (Fsp3) is 0.190. The first kappa shape index (κ1) is 16.7. The third kappa shape index (κ3) is 2.67. The SMILES string of the molecule is Cc1ccc2c(c1C#N)SC(C)(C)N=C2c1cnc2c(F)cccc2c1. The predicted octanol–water partition coefficient (Wildman–Crippen LogP) is 5.23. The number of benzene rings is 2. The van der Waals surface area contributed by atoms with E-state index in [1.807, 2.05) is 45.0 Å². The highest BCUT2D eigenvalue weighted by Gasteiger charge is 2.31. The van der Waals surface area contributed by atoms with Crippen LogP contribution in [0.4, 0.5) is 4.39 Å². The highest BCUT2D eigenvalue weighted by Crippen LogP contribution is 2.44. The minimum atomic E-state index is -0.404. The van der Waals surface area contributed by atoms with Crippen molar-refractivity contribution in [2.45, 2.75) is 30.5 Å². The van der Waals surface area contributed by atoms with Crippen molar-refractivity contribution < 1.29 is 4.39 Å². The summed E-state index contributed by atoms with van der Waals surface area (Å²) in [5.41, 5.74) is 4.53. The molecular weight excluding hydrogens is 345 g/mol. The topological polar surface area (TPSA) is 49.0 Å². The van der Waals surface area contributed by atoms with Crippen molar-refractivity contribution in [1.82, 2.24) is 4.98 Å². The maximum absolute atomic E-state index is 13.9. The largest absolute Gasteiger partial charge is 0.267 e. The van der Waals surface area contributed by atoms with E-state index >= 15 is 0 Å². The molecule has 2 aromatic carbocycles. The van der Waals surface area contributed by atoms with Gasteiger partial charge in [0, 0.05) is 27.6 Å². The third-order valence-electron chi connectivity index (χ3n) is 4.40. The predicted molar refractivity (Wildman–Crippen MR) is 103 cm³/mol. The van der Waals surface area contributed by atoms with Crippen LogP contribution < -0.4 is 0 Å². The summed E-state index contributed by atoms with van der Waals surface area (Å²) in [6.45, 7) is 5.99. The number of hydrogen-bond acceptors (Lipinski definition) is 4. The molecular formula is C21H16FN3S. The summed E-state index contributed by atoms with van der Waals surface area (Å²) in [7, 11) is 0. The van der Waals surface area contributed by atoms with Crippen molar-refractivity contribution in [3.63, 3.8) is 0 Å². The lowest BCUT2D eigenvalue weighted by atomic mass is 9.97. The number of aryl methyl sites for hydroxylation is 1. The number of aromatic nitrogens is 1. The number of fused-ring (bicyclic) bond motifs is 2. The van der Waals surface area contributed by atoms with E-state index in [9.17, 15) is 9.65 Å². The number of thioether (sulfide) groups is 1. The Hall–Kier alpha value is -2.71. The van der Waals surface area contributed by atoms with E-state index in [1.54, 1.807) is 24.0 Å². The Balaban J connectivity index is 1.97. The van der Waals surface area contributed by atoms with Crippen LogP contribution in [0, 0.1) is 24.1 Å². The maximum atomic E-state index is 13.9. The van der Waals surface area contributed by atoms with Crippen LogP contribution in [0.1, 0.15) is 36.1 Å². The average molecular weight is 361 g/mol. The molecule has 1 aliphatic rings. The normalized spacial score (nSPS) is 15.3. The van der Waals surface area contributed by atoms with Gasteiger partial charge in [-0.1, -0.05) is 36.0 Å². The van der Waals surface area contributed by atoms with E-state index in [-0.39, 0.29) is 5.82 Å². The molecule has 0 saturated heterocycles. The number of aliphatic imine (C=N–C) groups is 1. The molecule has 0 atom stereocenters. The third-order valence-corrected chi connectivity index (χ3v) is 5.62. The van der Waals surface area contributed by atoms with Crippen molar-refractivity contribution in [2.75, 3.05) is 0 Å². The molecule has 0 fully saturated rings. The summed E-state index contributed by atoms with van der Waals surface area (Å²) in [6, 6.07) is 13.1. The van der Waals surface area contributed by atoms with Gasteiger partial charge in [0.15, 0.2) is 0 Å². The number of halogens is 1. The average Bonchev–Trinajstić information content (AvgIpc) is 2.60. The van der Waals surface area contributed by atoms with Gasteiger partial charge in [-0.25, -0.2) is 4.39 Å².